The number of allylic oxidation sites excluding steroid dienone is 1. The van der Waals surface area contributed by atoms with E-state index in [0.29, 0.717) is 15.0 Å². The van der Waals surface area contributed by atoms with Gasteiger partial charge in [-0.3, -0.25) is 0 Å². The van der Waals surface area contributed by atoms with E-state index in [0.717, 1.165) is 10.4 Å². The Balaban J connectivity index is 2.32. The van der Waals surface area contributed by atoms with Crippen LogP contribution in [0.3, 0.4) is 0 Å². The van der Waals surface area contributed by atoms with Crippen LogP contribution in [-0.4, -0.2) is 15.0 Å². The molecular formula is C13H17ClSe. The summed E-state index contributed by atoms with van der Waals surface area (Å²) in [6.07, 6.45) is 7.15. The van der Waals surface area contributed by atoms with Crippen molar-refractivity contribution < 1.29 is 0 Å². The summed E-state index contributed by atoms with van der Waals surface area (Å²) in [5, 5.41) is 0. The molecule has 0 amide bonds. The zero-order valence-electron chi connectivity index (χ0n) is 9.08. The van der Waals surface area contributed by atoms with Gasteiger partial charge in [-0.25, -0.2) is 0 Å². The van der Waals surface area contributed by atoms with Crippen molar-refractivity contribution in [3.05, 3.63) is 40.3 Å². The standard InChI is InChI=1S/C13H17ClSe/c1-2-3-4-8-11-13(14)15-12-9-6-5-7-10-12/h5-7,9-11H,2-4,8H2,1H3/b13-11+. The Bertz CT molecular complexity index is 293. The molecule has 1 rings (SSSR count). The first-order valence-electron chi connectivity index (χ1n) is 5.41. The van der Waals surface area contributed by atoms with E-state index < -0.39 is 0 Å². The van der Waals surface area contributed by atoms with E-state index in [2.05, 4.69) is 37.3 Å². The molecule has 0 aromatic heterocycles. The van der Waals surface area contributed by atoms with Crippen LogP contribution in [0, 0.1) is 0 Å². The van der Waals surface area contributed by atoms with Gasteiger partial charge in [0.1, 0.15) is 0 Å². The van der Waals surface area contributed by atoms with E-state index in [4.69, 9.17) is 11.6 Å². The number of hydrogen-bond acceptors (Lipinski definition) is 0. The van der Waals surface area contributed by atoms with E-state index in [9.17, 15) is 0 Å². The molecule has 15 heavy (non-hydrogen) atoms. The molecule has 0 radical (unpaired) electrons. The first-order valence-corrected chi connectivity index (χ1v) is 7.50. The van der Waals surface area contributed by atoms with Crippen LogP contribution in [0.25, 0.3) is 0 Å². The fraction of sp³-hybridized carbons (Fsp3) is 0.385. The van der Waals surface area contributed by atoms with Gasteiger partial charge in [-0.2, -0.15) is 0 Å². The van der Waals surface area contributed by atoms with Gasteiger partial charge < -0.3 is 0 Å². The van der Waals surface area contributed by atoms with Crippen molar-refractivity contribution in [3.8, 4) is 0 Å². The molecule has 0 fully saturated rings. The fourth-order valence-corrected chi connectivity index (χ4v) is 3.33. The van der Waals surface area contributed by atoms with Crippen molar-refractivity contribution >= 4 is 31.0 Å². The topological polar surface area (TPSA) is 0 Å². The maximum atomic E-state index is 6.18. The van der Waals surface area contributed by atoms with Gasteiger partial charge >= 0.3 is 104 Å². The molecular weight excluding hydrogens is 271 g/mol. The van der Waals surface area contributed by atoms with Crippen LogP contribution < -0.4 is 4.46 Å². The van der Waals surface area contributed by atoms with E-state index in [-0.39, 0.29) is 0 Å². The van der Waals surface area contributed by atoms with Gasteiger partial charge in [0.25, 0.3) is 0 Å². The normalized spacial score (nSPS) is 11.7. The molecule has 0 saturated heterocycles. The van der Waals surface area contributed by atoms with Crippen LogP contribution in [-0.2, 0) is 0 Å². The minimum atomic E-state index is 0.301. The monoisotopic (exact) mass is 288 g/mol. The van der Waals surface area contributed by atoms with Crippen molar-refractivity contribution in [2.75, 3.05) is 0 Å². The van der Waals surface area contributed by atoms with Crippen LogP contribution in [0.1, 0.15) is 32.6 Å². The molecule has 0 atom stereocenters. The Morgan fingerprint density at radius 3 is 2.67 bits per heavy atom. The van der Waals surface area contributed by atoms with Gasteiger partial charge in [-0.05, 0) is 0 Å². The van der Waals surface area contributed by atoms with Gasteiger partial charge in [-0.1, -0.05) is 0 Å². The van der Waals surface area contributed by atoms with Crippen molar-refractivity contribution in [1.82, 2.24) is 0 Å². The summed E-state index contributed by atoms with van der Waals surface area (Å²) in [7, 11) is 0. The predicted molar refractivity (Wildman–Crippen MR) is 69.9 cm³/mol. The van der Waals surface area contributed by atoms with Gasteiger partial charge in [-0.15, -0.1) is 0 Å². The Kier molecular flexibility index (Phi) is 6.83. The molecule has 0 bridgehead atoms. The van der Waals surface area contributed by atoms with E-state index >= 15 is 0 Å². The quantitative estimate of drug-likeness (QED) is 0.553. The van der Waals surface area contributed by atoms with Gasteiger partial charge in [0.05, 0.1) is 0 Å². The van der Waals surface area contributed by atoms with E-state index in [1.807, 2.05) is 6.07 Å². The van der Waals surface area contributed by atoms with E-state index in [1.165, 1.54) is 23.7 Å². The van der Waals surface area contributed by atoms with Crippen LogP contribution in [0.5, 0.6) is 0 Å². The molecule has 1 aromatic rings. The fourth-order valence-electron chi connectivity index (χ4n) is 1.25. The molecule has 0 aliphatic heterocycles. The predicted octanol–water partition coefficient (Wildman–Crippen LogP) is 3.68. The summed E-state index contributed by atoms with van der Waals surface area (Å²) in [4.78, 5) is 0. The SMILES string of the molecule is CCCCC/C=C(\Cl)[Se]c1ccccc1. The van der Waals surface area contributed by atoms with Gasteiger partial charge in [0, 0.05) is 0 Å². The Labute approximate surface area is 104 Å². The molecule has 0 heterocycles. The van der Waals surface area contributed by atoms with Crippen molar-refractivity contribution in [3.63, 3.8) is 0 Å². The molecule has 1 aromatic carbocycles. The summed E-state index contributed by atoms with van der Waals surface area (Å²) in [5.74, 6) is 0. The van der Waals surface area contributed by atoms with Crippen molar-refractivity contribution in [2.45, 2.75) is 32.6 Å². The minimum absolute atomic E-state index is 0.301. The van der Waals surface area contributed by atoms with Gasteiger partial charge in [0.15, 0.2) is 0 Å². The van der Waals surface area contributed by atoms with Crippen LogP contribution in [0.4, 0.5) is 0 Å². The van der Waals surface area contributed by atoms with Crippen LogP contribution >= 0.6 is 11.6 Å². The number of benzene rings is 1. The zero-order chi connectivity index (χ0) is 10.9. The summed E-state index contributed by atoms with van der Waals surface area (Å²) in [5.41, 5.74) is 0. The third-order valence-electron chi connectivity index (χ3n) is 2.07. The number of unbranched alkanes of at least 4 members (excludes halogenated alkanes) is 3. The van der Waals surface area contributed by atoms with Crippen molar-refractivity contribution in [1.29, 1.82) is 0 Å². The van der Waals surface area contributed by atoms with Crippen LogP contribution in [0.15, 0.2) is 40.3 Å². The molecule has 0 aliphatic rings. The Morgan fingerprint density at radius 1 is 1.27 bits per heavy atom. The van der Waals surface area contributed by atoms with Crippen molar-refractivity contribution in [2.24, 2.45) is 0 Å². The molecule has 0 unspecified atom stereocenters. The third kappa shape index (κ3) is 6.04. The average molecular weight is 288 g/mol. The molecule has 0 aliphatic carbocycles. The summed E-state index contributed by atoms with van der Waals surface area (Å²) in [6.45, 7) is 2.22. The van der Waals surface area contributed by atoms with Crippen LogP contribution in [0.2, 0.25) is 0 Å². The zero-order valence-corrected chi connectivity index (χ0v) is 11.5. The number of halogens is 1. The molecule has 0 spiro atoms. The summed E-state index contributed by atoms with van der Waals surface area (Å²) in [6, 6.07) is 10.5. The molecule has 2 heteroatoms. The second-order valence-electron chi connectivity index (χ2n) is 3.42. The molecule has 0 nitrogen and oxygen atoms in total. The summed E-state index contributed by atoms with van der Waals surface area (Å²) < 4.78 is 2.38. The first-order chi connectivity index (χ1) is 7.33. The second-order valence-corrected chi connectivity index (χ2v) is 6.67. The average Bonchev–Trinajstić information content (AvgIpc) is 2.26. The number of rotatable bonds is 6. The summed E-state index contributed by atoms with van der Waals surface area (Å²) >= 11 is 6.48. The third-order valence-corrected chi connectivity index (χ3v) is 4.45. The van der Waals surface area contributed by atoms with Gasteiger partial charge in [0.2, 0.25) is 0 Å². The maximum absolute atomic E-state index is 6.18. The second kappa shape index (κ2) is 7.98. The number of hydrogen-bond donors (Lipinski definition) is 0. The first kappa shape index (κ1) is 12.8. The molecule has 82 valence electrons. The molecule has 0 saturated carbocycles. The van der Waals surface area contributed by atoms with E-state index in [1.54, 1.807) is 0 Å². The Morgan fingerprint density at radius 2 is 2.00 bits per heavy atom. The Hall–Kier alpha value is -0.231. The molecule has 0 N–H and O–H groups in total.